The lowest BCUT2D eigenvalue weighted by atomic mass is 10.1. The minimum atomic E-state index is 0.0344. The van der Waals surface area contributed by atoms with Gasteiger partial charge in [-0.1, -0.05) is 12.1 Å². The Morgan fingerprint density at radius 1 is 1.44 bits per heavy atom. The van der Waals surface area contributed by atoms with E-state index >= 15 is 0 Å². The largest absolute Gasteiger partial charge is 0.330 e. The van der Waals surface area contributed by atoms with Gasteiger partial charge in [0.1, 0.15) is 0 Å². The van der Waals surface area contributed by atoms with Crippen LogP contribution in [0.3, 0.4) is 0 Å². The third-order valence-corrected chi connectivity index (χ3v) is 3.15. The zero-order valence-electron chi connectivity index (χ0n) is 9.75. The van der Waals surface area contributed by atoms with Crippen molar-refractivity contribution in [2.75, 3.05) is 23.4 Å². The molecule has 0 aliphatic heterocycles. The Morgan fingerprint density at radius 2 is 2.19 bits per heavy atom. The molecule has 0 aliphatic carbocycles. The number of carbonyl (C=O) groups is 1. The van der Waals surface area contributed by atoms with Gasteiger partial charge in [-0.05, 0) is 31.0 Å². The molecule has 0 aliphatic rings. The van der Waals surface area contributed by atoms with Gasteiger partial charge in [0, 0.05) is 18.0 Å². The number of hydrogen-bond donors (Lipinski definition) is 2. The Bertz CT molecular complexity index is 366. The van der Waals surface area contributed by atoms with Crippen LogP contribution in [0.4, 0.5) is 5.69 Å². The summed E-state index contributed by atoms with van der Waals surface area (Å²) in [6.07, 6.45) is 0. The van der Waals surface area contributed by atoms with E-state index in [2.05, 4.69) is 5.32 Å². The van der Waals surface area contributed by atoms with Crippen LogP contribution < -0.4 is 11.1 Å². The first-order valence-electron chi connectivity index (χ1n) is 5.28. The highest BCUT2D eigenvalue weighted by Gasteiger charge is 2.04. The first-order valence-corrected chi connectivity index (χ1v) is 6.44. The molecule has 16 heavy (non-hydrogen) atoms. The third-order valence-electron chi connectivity index (χ3n) is 2.16. The van der Waals surface area contributed by atoms with Crippen LogP contribution in [0.5, 0.6) is 0 Å². The quantitative estimate of drug-likeness (QED) is 0.771. The molecule has 4 heteroatoms. The molecule has 0 atom stereocenters. The molecule has 1 aromatic carbocycles. The van der Waals surface area contributed by atoms with Gasteiger partial charge in [0.2, 0.25) is 5.91 Å². The van der Waals surface area contributed by atoms with E-state index in [0.717, 1.165) is 22.6 Å². The van der Waals surface area contributed by atoms with E-state index < -0.39 is 0 Å². The van der Waals surface area contributed by atoms with Crippen molar-refractivity contribution in [3.63, 3.8) is 0 Å². The number of aryl methyl sites for hydroxylation is 2. The second-order valence-corrected chi connectivity index (χ2v) is 4.81. The highest BCUT2D eigenvalue weighted by molar-refractivity contribution is 7.99. The Hall–Kier alpha value is -1.00. The number of rotatable bonds is 5. The molecule has 0 spiro atoms. The second kappa shape index (κ2) is 6.55. The van der Waals surface area contributed by atoms with E-state index in [-0.39, 0.29) is 5.91 Å². The van der Waals surface area contributed by atoms with E-state index in [4.69, 9.17) is 5.73 Å². The topological polar surface area (TPSA) is 55.1 Å². The van der Waals surface area contributed by atoms with Gasteiger partial charge < -0.3 is 11.1 Å². The van der Waals surface area contributed by atoms with Crippen LogP contribution in [0.2, 0.25) is 0 Å². The van der Waals surface area contributed by atoms with Crippen molar-refractivity contribution in [2.24, 2.45) is 5.73 Å². The predicted molar refractivity (Wildman–Crippen MR) is 70.9 cm³/mol. The number of nitrogens with one attached hydrogen (secondary N) is 1. The second-order valence-electron chi connectivity index (χ2n) is 3.71. The molecule has 0 unspecified atom stereocenters. The Morgan fingerprint density at radius 3 is 2.88 bits per heavy atom. The van der Waals surface area contributed by atoms with Crippen LogP contribution in [-0.4, -0.2) is 24.0 Å². The lowest BCUT2D eigenvalue weighted by molar-refractivity contribution is -0.113. The molecular formula is C12H18N2OS. The van der Waals surface area contributed by atoms with Gasteiger partial charge in [0.05, 0.1) is 5.75 Å². The maximum atomic E-state index is 11.6. The fourth-order valence-electron chi connectivity index (χ4n) is 1.31. The summed E-state index contributed by atoms with van der Waals surface area (Å²) in [5.41, 5.74) is 8.49. The Kier molecular flexibility index (Phi) is 5.35. The average molecular weight is 238 g/mol. The molecule has 88 valence electrons. The standard InChI is InChI=1S/C12H18N2OS/c1-9-3-4-10(2)11(7-9)14-12(15)8-16-6-5-13/h3-4,7H,5-6,8,13H2,1-2H3,(H,14,15). The molecule has 0 radical (unpaired) electrons. The van der Waals surface area contributed by atoms with Crippen LogP contribution in [0.15, 0.2) is 18.2 Å². The third kappa shape index (κ3) is 4.24. The molecule has 1 aromatic rings. The van der Waals surface area contributed by atoms with Gasteiger partial charge in [0.25, 0.3) is 0 Å². The van der Waals surface area contributed by atoms with Crippen molar-refractivity contribution in [1.29, 1.82) is 0 Å². The molecule has 1 amide bonds. The van der Waals surface area contributed by atoms with Gasteiger partial charge in [-0.3, -0.25) is 4.79 Å². The lowest BCUT2D eigenvalue weighted by Crippen LogP contribution is -2.16. The Balaban J connectivity index is 2.52. The SMILES string of the molecule is Cc1ccc(C)c(NC(=O)CSCCN)c1. The van der Waals surface area contributed by atoms with E-state index in [1.54, 1.807) is 11.8 Å². The highest BCUT2D eigenvalue weighted by atomic mass is 32.2. The van der Waals surface area contributed by atoms with Crippen LogP contribution in [0.1, 0.15) is 11.1 Å². The molecule has 0 fully saturated rings. The van der Waals surface area contributed by atoms with Crippen molar-refractivity contribution >= 4 is 23.4 Å². The van der Waals surface area contributed by atoms with Gasteiger partial charge in [-0.25, -0.2) is 0 Å². The summed E-state index contributed by atoms with van der Waals surface area (Å²) in [5, 5.41) is 2.91. The number of nitrogens with two attached hydrogens (primary N) is 1. The van der Waals surface area contributed by atoms with Crippen molar-refractivity contribution in [2.45, 2.75) is 13.8 Å². The monoisotopic (exact) mass is 238 g/mol. The number of anilines is 1. The van der Waals surface area contributed by atoms with E-state index in [0.29, 0.717) is 12.3 Å². The zero-order chi connectivity index (χ0) is 12.0. The van der Waals surface area contributed by atoms with Gasteiger partial charge >= 0.3 is 0 Å². The van der Waals surface area contributed by atoms with Crippen molar-refractivity contribution in [3.05, 3.63) is 29.3 Å². The van der Waals surface area contributed by atoms with Crippen molar-refractivity contribution in [1.82, 2.24) is 0 Å². The first-order chi connectivity index (χ1) is 7.63. The summed E-state index contributed by atoms with van der Waals surface area (Å²) in [7, 11) is 0. The average Bonchev–Trinajstić information content (AvgIpc) is 2.24. The number of thioether (sulfide) groups is 1. The fraction of sp³-hybridized carbons (Fsp3) is 0.417. The predicted octanol–water partition coefficient (Wildman–Crippen LogP) is 1.93. The number of amides is 1. The summed E-state index contributed by atoms with van der Waals surface area (Å²) in [5.74, 6) is 1.32. The van der Waals surface area contributed by atoms with Gasteiger partial charge in [-0.15, -0.1) is 0 Å². The summed E-state index contributed by atoms with van der Waals surface area (Å²) in [6.45, 7) is 4.61. The minimum Gasteiger partial charge on any atom is -0.330 e. The van der Waals surface area contributed by atoms with Gasteiger partial charge in [0.15, 0.2) is 0 Å². The maximum Gasteiger partial charge on any atom is 0.234 e. The molecule has 1 rings (SSSR count). The number of benzene rings is 1. The molecule has 0 aromatic heterocycles. The molecule has 3 N–H and O–H groups in total. The maximum absolute atomic E-state index is 11.6. The van der Waals surface area contributed by atoms with Gasteiger partial charge in [-0.2, -0.15) is 11.8 Å². The Labute approximate surface area is 101 Å². The summed E-state index contributed by atoms with van der Waals surface area (Å²) in [4.78, 5) is 11.6. The summed E-state index contributed by atoms with van der Waals surface area (Å²) >= 11 is 1.55. The van der Waals surface area contributed by atoms with Crippen LogP contribution in [0.25, 0.3) is 0 Å². The molecule has 0 saturated heterocycles. The number of carbonyl (C=O) groups excluding carboxylic acids is 1. The molecule has 3 nitrogen and oxygen atoms in total. The van der Waals surface area contributed by atoms with Crippen LogP contribution >= 0.6 is 11.8 Å². The van der Waals surface area contributed by atoms with E-state index in [1.165, 1.54) is 0 Å². The van der Waals surface area contributed by atoms with E-state index in [1.807, 2.05) is 32.0 Å². The minimum absolute atomic E-state index is 0.0344. The van der Waals surface area contributed by atoms with Crippen LogP contribution in [0, 0.1) is 13.8 Å². The van der Waals surface area contributed by atoms with E-state index in [9.17, 15) is 4.79 Å². The number of hydrogen-bond acceptors (Lipinski definition) is 3. The lowest BCUT2D eigenvalue weighted by Gasteiger charge is -2.08. The molecule has 0 saturated carbocycles. The molecular weight excluding hydrogens is 220 g/mol. The summed E-state index contributed by atoms with van der Waals surface area (Å²) in [6, 6.07) is 6.03. The summed E-state index contributed by atoms with van der Waals surface area (Å²) < 4.78 is 0. The normalized spacial score (nSPS) is 10.2. The first kappa shape index (κ1) is 13.1. The molecule has 0 bridgehead atoms. The smallest absolute Gasteiger partial charge is 0.234 e. The zero-order valence-corrected chi connectivity index (χ0v) is 10.6. The highest BCUT2D eigenvalue weighted by Crippen LogP contribution is 2.16. The van der Waals surface area contributed by atoms with Crippen molar-refractivity contribution in [3.8, 4) is 0 Å². The fourth-order valence-corrected chi connectivity index (χ4v) is 1.87. The van der Waals surface area contributed by atoms with Crippen molar-refractivity contribution < 1.29 is 4.79 Å². The molecule has 0 heterocycles. The van der Waals surface area contributed by atoms with Crippen LogP contribution in [-0.2, 0) is 4.79 Å².